The highest BCUT2D eigenvalue weighted by Crippen LogP contribution is 2.35. The summed E-state index contributed by atoms with van der Waals surface area (Å²) in [6, 6.07) is 26.3. The molecule has 4 rings (SSSR count). The highest BCUT2D eigenvalue weighted by atomic mass is 16.5. The number of methoxy groups -OCH3 is 1. The molecule has 4 heteroatoms. The normalized spacial score (nSPS) is 11.9. The van der Waals surface area contributed by atoms with Crippen LogP contribution in [0.25, 0.3) is 10.9 Å². The van der Waals surface area contributed by atoms with Crippen molar-refractivity contribution >= 4 is 16.8 Å². The molecule has 0 aliphatic heterocycles. The number of hydrogen-bond acceptors (Lipinski definition) is 2. The van der Waals surface area contributed by atoms with Gasteiger partial charge >= 0.3 is 0 Å². The van der Waals surface area contributed by atoms with E-state index in [1.54, 1.807) is 7.11 Å². The molecule has 1 N–H and O–H groups in total. The number of rotatable bonds is 7. The number of carbonyl (C=O) groups is 1. The van der Waals surface area contributed by atoms with Gasteiger partial charge < -0.3 is 14.6 Å². The minimum Gasteiger partial charge on any atom is -0.497 e. The van der Waals surface area contributed by atoms with Crippen LogP contribution < -0.4 is 10.1 Å². The first-order valence-corrected chi connectivity index (χ1v) is 10.1. The van der Waals surface area contributed by atoms with Gasteiger partial charge in [-0.3, -0.25) is 4.79 Å². The van der Waals surface area contributed by atoms with E-state index >= 15 is 0 Å². The van der Waals surface area contributed by atoms with E-state index < -0.39 is 0 Å². The molecule has 0 radical (unpaired) electrons. The second-order valence-electron chi connectivity index (χ2n) is 7.50. The van der Waals surface area contributed by atoms with Gasteiger partial charge in [-0.05, 0) is 34.9 Å². The molecule has 0 unspecified atom stereocenters. The van der Waals surface area contributed by atoms with Crippen LogP contribution in [-0.2, 0) is 18.4 Å². The Balaban J connectivity index is 1.64. The minimum absolute atomic E-state index is 0.0348. The summed E-state index contributed by atoms with van der Waals surface area (Å²) in [5, 5.41) is 4.25. The Kier molecular flexibility index (Phi) is 5.84. The number of nitrogens with zero attached hydrogens (tertiary/aromatic N) is 1. The van der Waals surface area contributed by atoms with Crippen molar-refractivity contribution in [1.82, 2.24) is 9.88 Å². The second kappa shape index (κ2) is 8.87. The Morgan fingerprint density at radius 1 is 0.967 bits per heavy atom. The molecule has 0 aliphatic carbocycles. The Bertz CT molecular complexity index is 1130. The van der Waals surface area contributed by atoms with Crippen LogP contribution in [0.3, 0.4) is 0 Å². The zero-order chi connectivity index (χ0) is 20.9. The smallest absolute Gasteiger partial charge is 0.221 e. The molecule has 1 atom stereocenters. The summed E-state index contributed by atoms with van der Waals surface area (Å²) >= 11 is 0. The van der Waals surface area contributed by atoms with Crippen LogP contribution in [0.2, 0.25) is 0 Å². The Hall–Kier alpha value is -3.53. The first-order chi connectivity index (χ1) is 14.7. The van der Waals surface area contributed by atoms with Gasteiger partial charge in [0.2, 0.25) is 5.91 Å². The molecule has 0 spiro atoms. The lowest BCUT2D eigenvalue weighted by Gasteiger charge is -2.18. The van der Waals surface area contributed by atoms with Gasteiger partial charge in [-0.1, -0.05) is 60.7 Å². The summed E-state index contributed by atoms with van der Waals surface area (Å²) in [4.78, 5) is 12.9. The number of carbonyl (C=O) groups excluding carboxylic acids is 1. The fourth-order valence-electron chi connectivity index (χ4n) is 3.95. The van der Waals surface area contributed by atoms with Gasteiger partial charge in [-0.25, -0.2) is 0 Å². The average molecular weight is 399 g/mol. The van der Waals surface area contributed by atoms with E-state index in [1.807, 2.05) is 61.6 Å². The maximum Gasteiger partial charge on any atom is 0.221 e. The van der Waals surface area contributed by atoms with Crippen LogP contribution >= 0.6 is 0 Å². The first kappa shape index (κ1) is 19.8. The standard InChI is InChI=1S/C26H26N2O2/c1-28-18-24(22-10-6-7-11-25(22)28)23(20-12-14-21(30-2)15-13-20)16-26(29)27-17-19-8-4-3-5-9-19/h3-15,18,23H,16-17H2,1-2H3,(H,27,29)/t23-/m1/s1. The zero-order valence-corrected chi connectivity index (χ0v) is 17.3. The summed E-state index contributed by atoms with van der Waals surface area (Å²) in [6.45, 7) is 0.532. The van der Waals surface area contributed by atoms with Crippen molar-refractivity contribution in [2.75, 3.05) is 7.11 Å². The summed E-state index contributed by atoms with van der Waals surface area (Å²) in [7, 11) is 3.71. The SMILES string of the molecule is COc1ccc([C@@H](CC(=O)NCc2ccccc2)c2cn(C)c3ccccc23)cc1. The van der Waals surface area contributed by atoms with E-state index in [0.717, 1.165) is 28.0 Å². The number of fused-ring (bicyclic) bond motifs is 1. The predicted octanol–water partition coefficient (Wildman–Crippen LogP) is 5.03. The highest BCUT2D eigenvalue weighted by molar-refractivity contribution is 5.86. The fraction of sp³-hybridized carbons (Fsp3) is 0.192. The van der Waals surface area contributed by atoms with Crippen molar-refractivity contribution in [3.05, 3.63) is 102 Å². The molecule has 1 amide bonds. The van der Waals surface area contributed by atoms with Crippen molar-refractivity contribution in [2.45, 2.75) is 18.9 Å². The van der Waals surface area contributed by atoms with E-state index in [9.17, 15) is 4.79 Å². The summed E-state index contributed by atoms with van der Waals surface area (Å²) in [6.07, 6.45) is 2.53. The van der Waals surface area contributed by atoms with Crippen molar-refractivity contribution in [2.24, 2.45) is 7.05 Å². The van der Waals surface area contributed by atoms with Gasteiger partial charge in [0.1, 0.15) is 5.75 Å². The predicted molar refractivity (Wildman–Crippen MR) is 121 cm³/mol. The third kappa shape index (κ3) is 4.23. The molecule has 0 saturated carbocycles. The third-order valence-corrected chi connectivity index (χ3v) is 5.54. The van der Waals surface area contributed by atoms with Crippen molar-refractivity contribution in [3.63, 3.8) is 0 Å². The van der Waals surface area contributed by atoms with Gasteiger partial charge in [0.25, 0.3) is 0 Å². The van der Waals surface area contributed by atoms with Crippen molar-refractivity contribution in [3.8, 4) is 5.75 Å². The largest absolute Gasteiger partial charge is 0.497 e. The Morgan fingerprint density at radius 3 is 2.40 bits per heavy atom. The monoisotopic (exact) mass is 398 g/mol. The lowest BCUT2D eigenvalue weighted by molar-refractivity contribution is -0.121. The molecule has 0 aliphatic rings. The van der Waals surface area contributed by atoms with Crippen LogP contribution in [0.1, 0.15) is 29.0 Å². The number of ether oxygens (including phenoxy) is 1. The molecule has 0 saturated heterocycles. The van der Waals surface area contributed by atoms with Crippen LogP contribution in [0.4, 0.5) is 0 Å². The first-order valence-electron chi connectivity index (χ1n) is 10.1. The van der Waals surface area contributed by atoms with Crippen LogP contribution in [0.15, 0.2) is 85.1 Å². The third-order valence-electron chi connectivity index (χ3n) is 5.54. The molecule has 4 nitrogen and oxygen atoms in total. The van der Waals surface area contributed by atoms with E-state index in [1.165, 1.54) is 5.39 Å². The quantitative estimate of drug-likeness (QED) is 0.475. The topological polar surface area (TPSA) is 43.3 Å². The van der Waals surface area contributed by atoms with Crippen LogP contribution in [-0.4, -0.2) is 17.6 Å². The van der Waals surface area contributed by atoms with Gasteiger partial charge in [0, 0.05) is 43.0 Å². The maximum atomic E-state index is 12.9. The van der Waals surface area contributed by atoms with Crippen molar-refractivity contribution < 1.29 is 9.53 Å². The van der Waals surface area contributed by atoms with Gasteiger partial charge in [0.05, 0.1) is 7.11 Å². The molecule has 0 fully saturated rings. The second-order valence-corrected chi connectivity index (χ2v) is 7.50. The lowest BCUT2D eigenvalue weighted by Crippen LogP contribution is -2.25. The molecule has 4 aromatic rings. The molecule has 1 aromatic heterocycles. The molecule has 152 valence electrons. The average Bonchev–Trinajstić information content (AvgIpc) is 3.13. The number of nitrogens with one attached hydrogen (secondary N) is 1. The molecule has 3 aromatic carbocycles. The number of aryl methyl sites for hydroxylation is 1. The van der Waals surface area contributed by atoms with E-state index in [2.05, 4.69) is 40.3 Å². The molecular formula is C26H26N2O2. The maximum absolute atomic E-state index is 12.9. The summed E-state index contributed by atoms with van der Waals surface area (Å²) in [5.74, 6) is 0.800. The number of benzene rings is 3. The molecule has 30 heavy (non-hydrogen) atoms. The Labute approximate surface area is 177 Å². The van der Waals surface area contributed by atoms with Gasteiger partial charge in [0.15, 0.2) is 0 Å². The van der Waals surface area contributed by atoms with E-state index in [0.29, 0.717) is 13.0 Å². The van der Waals surface area contributed by atoms with Gasteiger partial charge in [-0.15, -0.1) is 0 Å². The van der Waals surface area contributed by atoms with E-state index in [4.69, 9.17) is 4.74 Å². The minimum atomic E-state index is -0.0437. The van der Waals surface area contributed by atoms with Crippen molar-refractivity contribution in [1.29, 1.82) is 0 Å². The number of amides is 1. The van der Waals surface area contributed by atoms with E-state index in [-0.39, 0.29) is 11.8 Å². The summed E-state index contributed by atoms with van der Waals surface area (Å²) in [5.41, 5.74) is 4.52. The van der Waals surface area contributed by atoms with Gasteiger partial charge in [-0.2, -0.15) is 0 Å². The highest BCUT2D eigenvalue weighted by Gasteiger charge is 2.22. The fourth-order valence-corrected chi connectivity index (χ4v) is 3.95. The molecule has 0 bridgehead atoms. The Morgan fingerprint density at radius 2 is 1.67 bits per heavy atom. The lowest BCUT2D eigenvalue weighted by atomic mass is 9.88. The van der Waals surface area contributed by atoms with Crippen LogP contribution in [0, 0.1) is 0 Å². The number of aromatic nitrogens is 1. The molecule has 1 heterocycles. The molecular weight excluding hydrogens is 372 g/mol. The van der Waals surface area contributed by atoms with Crippen LogP contribution in [0.5, 0.6) is 5.75 Å². The number of hydrogen-bond donors (Lipinski definition) is 1. The zero-order valence-electron chi connectivity index (χ0n) is 17.3. The number of para-hydroxylation sites is 1. The summed E-state index contributed by atoms with van der Waals surface area (Å²) < 4.78 is 7.44.